The van der Waals surface area contributed by atoms with Crippen LogP contribution in [0.1, 0.15) is 22.7 Å². The Bertz CT molecular complexity index is 1060. The molecule has 1 saturated heterocycles. The molecule has 1 aromatic heterocycles. The minimum absolute atomic E-state index is 0.01000. The summed E-state index contributed by atoms with van der Waals surface area (Å²) >= 11 is 0. The summed E-state index contributed by atoms with van der Waals surface area (Å²) in [6, 6.07) is 13.7. The molecule has 27 heavy (non-hydrogen) atoms. The Hall–Kier alpha value is -2.51. The lowest BCUT2D eigenvalue weighted by Gasteiger charge is -2.38. The Kier molecular flexibility index (Phi) is 4.36. The van der Waals surface area contributed by atoms with Crippen molar-refractivity contribution in [3.63, 3.8) is 0 Å². The zero-order valence-corrected chi connectivity index (χ0v) is 16.4. The summed E-state index contributed by atoms with van der Waals surface area (Å²) in [6.45, 7) is 6.51. The van der Waals surface area contributed by atoms with Crippen LogP contribution in [0.4, 0.5) is 0 Å². The van der Waals surface area contributed by atoms with Crippen molar-refractivity contribution in [1.29, 1.82) is 0 Å². The highest BCUT2D eigenvalue weighted by molar-refractivity contribution is 7.89. The van der Waals surface area contributed by atoms with Crippen molar-refractivity contribution >= 4 is 10.0 Å². The number of rotatable bonds is 4. The van der Waals surface area contributed by atoms with Gasteiger partial charge in [-0.15, -0.1) is 5.10 Å². The first-order chi connectivity index (χ1) is 12.9. The maximum atomic E-state index is 13.1. The monoisotopic (exact) mass is 382 g/mol. The molecule has 0 radical (unpaired) electrons. The number of benzene rings is 2. The number of hydrogen-bond acceptors (Lipinski definition) is 4. The molecule has 0 N–H and O–H groups in total. The molecule has 140 valence electrons. The Morgan fingerprint density at radius 1 is 1.00 bits per heavy atom. The van der Waals surface area contributed by atoms with Gasteiger partial charge in [0, 0.05) is 18.7 Å². The van der Waals surface area contributed by atoms with Crippen molar-refractivity contribution in [2.24, 2.45) is 0 Å². The molecule has 2 aromatic carbocycles. The van der Waals surface area contributed by atoms with E-state index in [4.69, 9.17) is 0 Å². The van der Waals surface area contributed by atoms with E-state index < -0.39 is 10.0 Å². The van der Waals surface area contributed by atoms with Crippen molar-refractivity contribution in [2.75, 3.05) is 13.1 Å². The molecule has 1 fully saturated rings. The average molecular weight is 382 g/mol. The van der Waals surface area contributed by atoms with E-state index in [0.717, 1.165) is 27.9 Å². The van der Waals surface area contributed by atoms with Gasteiger partial charge in [0.15, 0.2) is 0 Å². The van der Waals surface area contributed by atoms with Gasteiger partial charge >= 0.3 is 0 Å². The van der Waals surface area contributed by atoms with Crippen LogP contribution in [-0.2, 0) is 10.0 Å². The second-order valence-electron chi connectivity index (χ2n) is 7.15. The van der Waals surface area contributed by atoms with Crippen LogP contribution in [-0.4, -0.2) is 40.8 Å². The minimum Gasteiger partial charge on any atom is -0.246 e. The molecular weight excluding hydrogens is 360 g/mol. The van der Waals surface area contributed by atoms with Gasteiger partial charge in [0.2, 0.25) is 10.0 Å². The van der Waals surface area contributed by atoms with Crippen LogP contribution >= 0.6 is 0 Å². The Morgan fingerprint density at radius 3 is 2.26 bits per heavy atom. The van der Waals surface area contributed by atoms with Gasteiger partial charge in [-0.2, -0.15) is 4.31 Å². The minimum atomic E-state index is -3.49. The van der Waals surface area contributed by atoms with E-state index in [0.29, 0.717) is 18.0 Å². The van der Waals surface area contributed by atoms with Crippen LogP contribution in [0.3, 0.4) is 0 Å². The molecule has 0 spiro atoms. The van der Waals surface area contributed by atoms with Crippen molar-refractivity contribution in [1.82, 2.24) is 19.3 Å². The van der Waals surface area contributed by atoms with Crippen molar-refractivity contribution < 1.29 is 8.42 Å². The molecule has 3 aromatic rings. The van der Waals surface area contributed by atoms with Gasteiger partial charge in [0.25, 0.3) is 0 Å². The van der Waals surface area contributed by atoms with Crippen molar-refractivity contribution in [2.45, 2.75) is 31.7 Å². The third-order valence-electron chi connectivity index (χ3n) is 4.99. The maximum Gasteiger partial charge on any atom is 0.243 e. The summed E-state index contributed by atoms with van der Waals surface area (Å²) in [5.74, 6) is 0. The lowest BCUT2D eigenvalue weighted by Crippen LogP contribution is -2.51. The van der Waals surface area contributed by atoms with Crippen molar-refractivity contribution in [3.05, 3.63) is 65.4 Å². The molecule has 4 rings (SSSR count). The molecule has 0 atom stereocenters. The second-order valence-corrected chi connectivity index (χ2v) is 9.03. The third-order valence-corrected chi connectivity index (χ3v) is 7.12. The fraction of sp³-hybridized carbons (Fsp3) is 0.300. The van der Waals surface area contributed by atoms with Crippen molar-refractivity contribution in [3.8, 4) is 11.3 Å². The standard InChI is InChI=1S/C20H22N4O2S/c1-14-9-15(2)20(16(3)10-14)27(25,26)23-11-18(12-23)24-13-19(21-22-24)17-7-5-4-6-8-17/h4-10,13,18H,11-12H2,1-3H3. The first-order valence-corrected chi connectivity index (χ1v) is 10.4. The van der Waals surface area contributed by atoms with Gasteiger partial charge in [0.05, 0.1) is 17.1 Å². The van der Waals surface area contributed by atoms with Crippen LogP contribution in [0.25, 0.3) is 11.3 Å². The van der Waals surface area contributed by atoms with Crippen LogP contribution in [0, 0.1) is 20.8 Å². The quantitative estimate of drug-likeness (QED) is 0.695. The molecule has 1 aliphatic rings. The zero-order valence-electron chi connectivity index (χ0n) is 15.6. The van der Waals surface area contributed by atoms with E-state index in [1.807, 2.05) is 69.4 Å². The smallest absolute Gasteiger partial charge is 0.243 e. The summed E-state index contributed by atoms with van der Waals surface area (Å²) in [7, 11) is -3.49. The summed E-state index contributed by atoms with van der Waals surface area (Å²) < 4.78 is 29.4. The molecule has 0 bridgehead atoms. The predicted molar refractivity (Wildman–Crippen MR) is 104 cm³/mol. The SMILES string of the molecule is Cc1cc(C)c(S(=O)(=O)N2CC(n3cc(-c4ccccc4)nn3)C2)c(C)c1. The largest absolute Gasteiger partial charge is 0.246 e. The first-order valence-electron chi connectivity index (χ1n) is 8.91. The highest BCUT2D eigenvalue weighted by Gasteiger charge is 2.39. The summed E-state index contributed by atoms with van der Waals surface area (Å²) in [6.07, 6.45) is 1.88. The number of nitrogens with zero attached hydrogens (tertiary/aromatic N) is 4. The van der Waals surface area contributed by atoms with Gasteiger partial charge in [0.1, 0.15) is 5.69 Å². The number of aromatic nitrogens is 3. The second kappa shape index (κ2) is 6.58. The van der Waals surface area contributed by atoms with Gasteiger partial charge in [-0.1, -0.05) is 53.2 Å². The molecule has 6 nitrogen and oxygen atoms in total. The molecular formula is C20H22N4O2S. The van der Waals surface area contributed by atoms with Gasteiger partial charge in [-0.05, 0) is 31.9 Å². The molecule has 0 aliphatic carbocycles. The Labute approximate surface area is 159 Å². The summed E-state index contributed by atoms with van der Waals surface area (Å²) in [5, 5.41) is 8.41. The fourth-order valence-electron chi connectivity index (χ4n) is 3.68. The molecule has 1 aliphatic heterocycles. The van der Waals surface area contributed by atoms with Crippen LogP contribution in [0.15, 0.2) is 53.6 Å². The summed E-state index contributed by atoms with van der Waals surface area (Å²) in [5.41, 5.74) is 4.45. The predicted octanol–water partition coefficient (Wildman–Crippen LogP) is 3.12. The molecule has 0 amide bonds. The molecule has 0 saturated carbocycles. The van der Waals surface area contributed by atoms with Crippen LogP contribution in [0.2, 0.25) is 0 Å². The molecule has 0 unspecified atom stereocenters. The lowest BCUT2D eigenvalue weighted by molar-refractivity contribution is 0.188. The van der Waals surface area contributed by atoms with Gasteiger partial charge in [-0.25, -0.2) is 13.1 Å². The van der Waals surface area contributed by atoms with E-state index in [1.165, 1.54) is 4.31 Å². The highest BCUT2D eigenvalue weighted by Crippen LogP contribution is 2.32. The molecule has 7 heteroatoms. The van der Waals surface area contributed by atoms with Crippen LogP contribution in [0.5, 0.6) is 0 Å². The summed E-state index contributed by atoms with van der Waals surface area (Å²) in [4.78, 5) is 0.426. The maximum absolute atomic E-state index is 13.1. The Balaban J connectivity index is 1.52. The van der Waals surface area contributed by atoms with E-state index in [-0.39, 0.29) is 6.04 Å². The van der Waals surface area contributed by atoms with Gasteiger partial charge in [-0.3, -0.25) is 0 Å². The van der Waals surface area contributed by atoms with E-state index in [1.54, 1.807) is 4.68 Å². The van der Waals surface area contributed by atoms with E-state index in [2.05, 4.69) is 10.3 Å². The number of sulfonamides is 1. The first kappa shape index (κ1) is 17.9. The highest BCUT2D eigenvalue weighted by atomic mass is 32.2. The average Bonchev–Trinajstić information content (AvgIpc) is 3.02. The number of hydrogen-bond donors (Lipinski definition) is 0. The number of aryl methyl sites for hydroxylation is 3. The Morgan fingerprint density at radius 2 is 1.63 bits per heavy atom. The van der Waals surface area contributed by atoms with Gasteiger partial charge < -0.3 is 0 Å². The van der Waals surface area contributed by atoms with Crippen LogP contribution < -0.4 is 0 Å². The third kappa shape index (κ3) is 3.17. The molecule has 2 heterocycles. The van der Waals surface area contributed by atoms with E-state index in [9.17, 15) is 8.42 Å². The fourth-order valence-corrected chi connectivity index (χ4v) is 5.61. The lowest BCUT2D eigenvalue weighted by atomic mass is 10.1. The zero-order chi connectivity index (χ0) is 19.2. The topological polar surface area (TPSA) is 68.1 Å². The normalized spacial score (nSPS) is 15.7. The van der Waals surface area contributed by atoms with E-state index >= 15 is 0 Å².